The maximum Gasteiger partial charge on any atom is 0.0971 e. The van der Waals surface area contributed by atoms with Gasteiger partial charge in [-0.25, -0.2) is 4.68 Å². The highest BCUT2D eigenvalue weighted by Crippen LogP contribution is 2.23. The Bertz CT molecular complexity index is 677. The van der Waals surface area contributed by atoms with Gasteiger partial charge < -0.3 is 0 Å². The van der Waals surface area contributed by atoms with Gasteiger partial charge in [-0.3, -0.25) is 9.88 Å². The topological polar surface area (TPSA) is 46.8 Å². The summed E-state index contributed by atoms with van der Waals surface area (Å²) in [6.45, 7) is 2.93. The zero-order valence-electron chi connectivity index (χ0n) is 12.0. The Hall–Kier alpha value is -2.05. The first-order valence-corrected chi connectivity index (χ1v) is 7.67. The van der Waals surface area contributed by atoms with Gasteiger partial charge in [0.25, 0.3) is 0 Å². The monoisotopic (exact) mass is 299 g/mol. The van der Waals surface area contributed by atoms with Crippen LogP contribution in [0.15, 0.2) is 48.2 Å². The van der Waals surface area contributed by atoms with Crippen molar-refractivity contribution in [1.82, 2.24) is 24.9 Å². The van der Waals surface area contributed by atoms with E-state index in [9.17, 15) is 0 Å². The summed E-state index contributed by atoms with van der Waals surface area (Å²) in [4.78, 5) is 7.64. The summed E-state index contributed by atoms with van der Waals surface area (Å²) in [6.07, 6.45) is 3.90. The molecule has 0 unspecified atom stereocenters. The number of aromatic nitrogens is 4. The third-order valence-electron chi connectivity index (χ3n) is 3.50. The van der Waals surface area contributed by atoms with Gasteiger partial charge in [-0.05, 0) is 26.1 Å². The lowest BCUT2D eigenvalue weighted by atomic mass is 10.2. The lowest BCUT2D eigenvalue weighted by molar-refractivity contribution is 0.253. The van der Waals surface area contributed by atoms with E-state index >= 15 is 0 Å². The fourth-order valence-electron chi connectivity index (χ4n) is 2.12. The molecule has 0 saturated carbocycles. The Labute approximate surface area is 127 Å². The predicted octanol–water partition coefficient (Wildman–Crippen LogP) is 2.92. The Morgan fingerprint density at radius 1 is 1.29 bits per heavy atom. The standard InChI is InChI=1S/C15H17N5S/c1-12(15-8-16-11-21-15)19(2)9-13-10-20(18-17-13)14-6-4-3-5-7-14/h3-8,10-12H,9H2,1-2H3/t12-/m0/s1. The van der Waals surface area contributed by atoms with Crippen molar-refractivity contribution in [2.45, 2.75) is 19.5 Å². The van der Waals surface area contributed by atoms with Crippen LogP contribution in [0.5, 0.6) is 0 Å². The Balaban J connectivity index is 1.70. The van der Waals surface area contributed by atoms with Gasteiger partial charge in [0.15, 0.2) is 0 Å². The van der Waals surface area contributed by atoms with Crippen molar-refractivity contribution in [2.24, 2.45) is 0 Å². The molecule has 108 valence electrons. The Morgan fingerprint density at radius 2 is 2.10 bits per heavy atom. The molecule has 0 amide bonds. The van der Waals surface area contributed by atoms with E-state index in [2.05, 4.69) is 34.2 Å². The van der Waals surface area contributed by atoms with Crippen molar-refractivity contribution in [3.8, 4) is 5.69 Å². The van der Waals surface area contributed by atoms with Crippen LogP contribution in [-0.4, -0.2) is 31.9 Å². The average Bonchev–Trinajstić information content (AvgIpc) is 3.19. The average molecular weight is 299 g/mol. The normalized spacial score (nSPS) is 12.7. The van der Waals surface area contributed by atoms with Crippen molar-refractivity contribution in [3.63, 3.8) is 0 Å². The first kappa shape index (κ1) is 13.9. The quantitative estimate of drug-likeness (QED) is 0.727. The van der Waals surface area contributed by atoms with Gasteiger partial charge in [0.2, 0.25) is 0 Å². The summed E-state index contributed by atoms with van der Waals surface area (Å²) in [5, 5.41) is 8.45. The van der Waals surface area contributed by atoms with Crippen molar-refractivity contribution >= 4 is 11.3 Å². The highest BCUT2D eigenvalue weighted by Gasteiger charge is 2.15. The van der Waals surface area contributed by atoms with Crippen LogP contribution >= 0.6 is 11.3 Å². The van der Waals surface area contributed by atoms with Crippen LogP contribution < -0.4 is 0 Å². The SMILES string of the molecule is C[C@@H](c1cncs1)N(C)Cc1cn(-c2ccccc2)nn1. The molecule has 3 aromatic rings. The van der Waals surface area contributed by atoms with Crippen LogP contribution in [0, 0.1) is 0 Å². The fraction of sp³-hybridized carbons (Fsp3) is 0.267. The molecule has 0 radical (unpaired) electrons. The lowest BCUT2D eigenvalue weighted by Gasteiger charge is -2.22. The van der Waals surface area contributed by atoms with E-state index < -0.39 is 0 Å². The number of thiazole rings is 1. The summed E-state index contributed by atoms with van der Waals surface area (Å²) in [5.74, 6) is 0. The first-order chi connectivity index (χ1) is 10.2. The molecule has 1 aromatic carbocycles. The third-order valence-corrected chi connectivity index (χ3v) is 4.44. The van der Waals surface area contributed by atoms with Crippen LogP contribution in [-0.2, 0) is 6.54 Å². The van der Waals surface area contributed by atoms with Gasteiger partial charge >= 0.3 is 0 Å². The molecular weight excluding hydrogens is 282 g/mol. The molecule has 0 aliphatic rings. The van der Waals surface area contributed by atoms with Gasteiger partial charge in [-0.2, -0.15) is 0 Å². The maximum absolute atomic E-state index is 4.26. The minimum absolute atomic E-state index is 0.319. The smallest absolute Gasteiger partial charge is 0.0971 e. The molecule has 3 rings (SSSR count). The summed E-state index contributed by atoms with van der Waals surface area (Å²) in [7, 11) is 2.09. The Morgan fingerprint density at radius 3 is 2.81 bits per heavy atom. The van der Waals surface area contributed by atoms with Crippen molar-refractivity contribution in [3.05, 3.63) is 58.8 Å². The number of para-hydroxylation sites is 1. The number of hydrogen-bond donors (Lipinski definition) is 0. The number of hydrogen-bond acceptors (Lipinski definition) is 5. The highest BCUT2D eigenvalue weighted by atomic mass is 32.1. The zero-order valence-corrected chi connectivity index (χ0v) is 12.9. The first-order valence-electron chi connectivity index (χ1n) is 6.79. The second-order valence-corrected chi connectivity index (χ2v) is 5.90. The molecule has 0 saturated heterocycles. The molecule has 6 heteroatoms. The van der Waals surface area contributed by atoms with Crippen LogP contribution in [0.1, 0.15) is 23.5 Å². The molecule has 2 aromatic heterocycles. The maximum atomic E-state index is 4.26. The van der Waals surface area contributed by atoms with Crippen molar-refractivity contribution in [1.29, 1.82) is 0 Å². The molecule has 2 heterocycles. The molecule has 0 spiro atoms. The lowest BCUT2D eigenvalue weighted by Crippen LogP contribution is -2.21. The second-order valence-electron chi connectivity index (χ2n) is 4.98. The molecule has 0 aliphatic carbocycles. The van der Waals surface area contributed by atoms with Crippen LogP contribution in [0.3, 0.4) is 0 Å². The second kappa shape index (κ2) is 6.15. The van der Waals surface area contributed by atoms with E-state index in [1.54, 1.807) is 16.0 Å². The van der Waals surface area contributed by atoms with E-state index in [-0.39, 0.29) is 0 Å². The third kappa shape index (κ3) is 3.17. The summed E-state index contributed by atoms with van der Waals surface area (Å²) in [6, 6.07) is 10.3. The van der Waals surface area contributed by atoms with E-state index in [1.165, 1.54) is 4.88 Å². The molecule has 5 nitrogen and oxygen atoms in total. The predicted molar refractivity (Wildman–Crippen MR) is 83.4 cm³/mol. The molecule has 1 atom stereocenters. The molecule has 0 bridgehead atoms. The highest BCUT2D eigenvalue weighted by molar-refractivity contribution is 7.09. The molecular formula is C15H17N5S. The van der Waals surface area contributed by atoms with Gasteiger partial charge in [-0.1, -0.05) is 23.4 Å². The minimum Gasteiger partial charge on any atom is -0.293 e. The number of rotatable bonds is 5. The van der Waals surface area contributed by atoms with E-state index in [4.69, 9.17) is 0 Å². The van der Waals surface area contributed by atoms with Crippen LogP contribution in [0.4, 0.5) is 0 Å². The summed E-state index contributed by atoms with van der Waals surface area (Å²) in [5.41, 5.74) is 3.85. The number of nitrogens with zero attached hydrogens (tertiary/aromatic N) is 5. The van der Waals surface area contributed by atoms with Crippen molar-refractivity contribution in [2.75, 3.05) is 7.05 Å². The summed E-state index contributed by atoms with van der Waals surface area (Å²) >= 11 is 1.68. The Kier molecular flexibility index (Phi) is 4.08. The van der Waals surface area contributed by atoms with Gasteiger partial charge in [0.05, 0.1) is 23.1 Å². The van der Waals surface area contributed by atoms with E-state index in [1.807, 2.05) is 48.2 Å². The van der Waals surface area contributed by atoms with Crippen LogP contribution in [0.25, 0.3) is 5.69 Å². The van der Waals surface area contributed by atoms with Crippen molar-refractivity contribution < 1.29 is 0 Å². The molecule has 21 heavy (non-hydrogen) atoms. The summed E-state index contributed by atoms with van der Waals surface area (Å²) < 4.78 is 1.81. The minimum atomic E-state index is 0.319. The molecule has 0 fully saturated rings. The van der Waals surface area contributed by atoms with Gasteiger partial charge in [0.1, 0.15) is 0 Å². The largest absolute Gasteiger partial charge is 0.293 e. The van der Waals surface area contributed by atoms with Gasteiger partial charge in [0, 0.05) is 23.7 Å². The molecule has 0 aliphatic heterocycles. The van der Waals surface area contributed by atoms with Crippen LogP contribution in [0.2, 0.25) is 0 Å². The van der Waals surface area contributed by atoms with Gasteiger partial charge in [-0.15, -0.1) is 16.4 Å². The zero-order chi connectivity index (χ0) is 14.7. The fourth-order valence-corrected chi connectivity index (χ4v) is 2.86. The van der Waals surface area contributed by atoms with E-state index in [0.29, 0.717) is 6.04 Å². The van der Waals surface area contributed by atoms with E-state index in [0.717, 1.165) is 17.9 Å². The molecule has 0 N–H and O–H groups in total. The number of benzene rings is 1.